The molecule has 1 unspecified atom stereocenters. The number of thiophene rings is 1. The zero-order valence-electron chi connectivity index (χ0n) is 15.2. The van der Waals surface area contributed by atoms with Gasteiger partial charge >= 0.3 is 0 Å². The molecule has 1 N–H and O–H groups in total. The number of aliphatic hydroxyl groups excluding tert-OH is 1. The standard InChI is InChI=1S/C22H15Cl2NO3S/c1-12-8-9-29-21(12)18-17(19(26)13-4-2-5-14(23)10-13)20(27)22(28)25(18)16-7-3-6-15(24)11-16/h2-11,18,26H,1H3/b19-17-. The van der Waals surface area contributed by atoms with Crippen LogP contribution in [0.25, 0.3) is 5.76 Å². The Morgan fingerprint density at radius 3 is 2.34 bits per heavy atom. The molecule has 4 nitrogen and oxygen atoms in total. The maximum Gasteiger partial charge on any atom is 0.300 e. The Kier molecular flexibility index (Phi) is 5.21. The van der Waals surface area contributed by atoms with Gasteiger partial charge in [-0.2, -0.15) is 0 Å². The molecule has 1 fully saturated rings. The number of aliphatic hydroxyl groups is 1. The molecule has 0 aliphatic carbocycles. The second-order valence-electron chi connectivity index (χ2n) is 6.63. The molecule has 1 amide bonds. The van der Waals surface area contributed by atoms with E-state index in [4.69, 9.17) is 23.2 Å². The smallest absolute Gasteiger partial charge is 0.300 e. The van der Waals surface area contributed by atoms with Gasteiger partial charge in [0.1, 0.15) is 11.8 Å². The van der Waals surface area contributed by atoms with Crippen molar-refractivity contribution >= 4 is 57.7 Å². The minimum atomic E-state index is -0.757. The molecule has 3 aromatic rings. The van der Waals surface area contributed by atoms with E-state index in [1.165, 1.54) is 16.2 Å². The summed E-state index contributed by atoms with van der Waals surface area (Å²) >= 11 is 13.6. The van der Waals surface area contributed by atoms with Gasteiger partial charge in [0, 0.05) is 26.2 Å². The highest BCUT2D eigenvalue weighted by Crippen LogP contribution is 2.45. The van der Waals surface area contributed by atoms with Crippen LogP contribution in [0.5, 0.6) is 0 Å². The maximum absolute atomic E-state index is 13.0. The lowest BCUT2D eigenvalue weighted by Gasteiger charge is -2.25. The number of ketones is 1. The third-order valence-electron chi connectivity index (χ3n) is 4.78. The molecule has 1 saturated heterocycles. The lowest BCUT2D eigenvalue weighted by atomic mass is 9.98. The summed E-state index contributed by atoms with van der Waals surface area (Å²) in [6, 6.07) is 14.5. The molecule has 4 rings (SSSR count). The molecule has 0 radical (unpaired) electrons. The van der Waals surface area contributed by atoms with Gasteiger partial charge in [0.25, 0.3) is 11.7 Å². The van der Waals surface area contributed by atoms with Crippen LogP contribution in [0.15, 0.2) is 65.6 Å². The van der Waals surface area contributed by atoms with Crippen LogP contribution in [0.1, 0.15) is 22.0 Å². The fraction of sp³-hybridized carbons (Fsp3) is 0.0909. The topological polar surface area (TPSA) is 57.6 Å². The lowest BCUT2D eigenvalue weighted by Crippen LogP contribution is -2.29. The predicted molar refractivity (Wildman–Crippen MR) is 117 cm³/mol. The number of rotatable bonds is 3. The molecule has 1 atom stereocenters. The van der Waals surface area contributed by atoms with Crippen LogP contribution in [0.4, 0.5) is 5.69 Å². The number of Topliss-reactive ketones (excluding diaryl/α,β-unsaturated/α-hetero) is 1. The van der Waals surface area contributed by atoms with Crippen molar-refractivity contribution in [2.24, 2.45) is 0 Å². The van der Waals surface area contributed by atoms with Gasteiger partial charge in [0.05, 0.1) is 5.57 Å². The molecular formula is C22H15Cl2NO3S. The van der Waals surface area contributed by atoms with Crippen molar-refractivity contribution in [2.45, 2.75) is 13.0 Å². The van der Waals surface area contributed by atoms with E-state index in [-0.39, 0.29) is 11.3 Å². The van der Waals surface area contributed by atoms with Crippen LogP contribution in [0.2, 0.25) is 10.0 Å². The Bertz CT molecular complexity index is 1170. The van der Waals surface area contributed by atoms with Gasteiger partial charge in [0.2, 0.25) is 0 Å². The molecule has 1 aliphatic heterocycles. The summed E-state index contributed by atoms with van der Waals surface area (Å²) < 4.78 is 0. The number of nitrogens with zero attached hydrogens (tertiary/aromatic N) is 1. The number of hydrogen-bond acceptors (Lipinski definition) is 4. The Balaban J connectivity index is 1.97. The summed E-state index contributed by atoms with van der Waals surface area (Å²) in [5.74, 6) is -1.72. The number of benzene rings is 2. The van der Waals surface area contributed by atoms with E-state index in [1.807, 2.05) is 18.4 Å². The number of amides is 1. The fourth-order valence-electron chi connectivity index (χ4n) is 3.43. The van der Waals surface area contributed by atoms with Crippen molar-refractivity contribution in [3.63, 3.8) is 0 Å². The summed E-state index contributed by atoms with van der Waals surface area (Å²) in [5.41, 5.74) is 1.82. The van der Waals surface area contributed by atoms with Gasteiger partial charge in [-0.25, -0.2) is 0 Å². The molecule has 29 heavy (non-hydrogen) atoms. The van der Waals surface area contributed by atoms with Crippen molar-refractivity contribution in [3.8, 4) is 0 Å². The fourth-order valence-corrected chi connectivity index (χ4v) is 4.83. The van der Waals surface area contributed by atoms with Crippen molar-refractivity contribution in [1.82, 2.24) is 0 Å². The number of carbonyl (C=O) groups excluding carboxylic acids is 2. The molecule has 1 aliphatic rings. The molecule has 1 aromatic heterocycles. The molecule has 2 heterocycles. The number of aryl methyl sites for hydroxylation is 1. The maximum atomic E-state index is 13.0. The summed E-state index contributed by atoms with van der Waals surface area (Å²) in [6.45, 7) is 1.91. The Morgan fingerprint density at radius 1 is 1.03 bits per heavy atom. The highest BCUT2D eigenvalue weighted by atomic mass is 35.5. The molecular weight excluding hydrogens is 429 g/mol. The molecule has 2 aromatic carbocycles. The van der Waals surface area contributed by atoms with Crippen molar-refractivity contribution in [2.75, 3.05) is 4.90 Å². The van der Waals surface area contributed by atoms with E-state index in [2.05, 4.69) is 0 Å². The Labute approximate surface area is 181 Å². The van der Waals surface area contributed by atoms with Crippen LogP contribution < -0.4 is 4.90 Å². The van der Waals surface area contributed by atoms with Gasteiger partial charge in [0.15, 0.2) is 0 Å². The van der Waals surface area contributed by atoms with E-state index < -0.39 is 17.7 Å². The largest absolute Gasteiger partial charge is 0.507 e. The zero-order valence-corrected chi connectivity index (χ0v) is 17.6. The lowest BCUT2D eigenvalue weighted by molar-refractivity contribution is -0.132. The first-order valence-electron chi connectivity index (χ1n) is 8.75. The zero-order chi connectivity index (χ0) is 20.7. The summed E-state index contributed by atoms with van der Waals surface area (Å²) in [6.07, 6.45) is 0. The average Bonchev–Trinajstić information content (AvgIpc) is 3.22. The Hall–Kier alpha value is -2.60. The first kappa shape index (κ1) is 19.7. The van der Waals surface area contributed by atoms with E-state index in [0.29, 0.717) is 21.3 Å². The molecule has 146 valence electrons. The summed E-state index contributed by atoms with van der Waals surface area (Å²) in [5, 5.41) is 13.8. The number of carbonyl (C=O) groups is 2. The van der Waals surface area contributed by atoms with Crippen molar-refractivity contribution in [1.29, 1.82) is 0 Å². The third-order valence-corrected chi connectivity index (χ3v) is 6.32. The molecule has 0 spiro atoms. The molecule has 7 heteroatoms. The van der Waals surface area contributed by atoms with E-state index >= 15 is 0 Å². The molecule has 0 saturated carbocycles. The second-order valence-corrected chi connectivity index (χ2v) is 8.45. The quantitative estimate of drug-likeness (QED) is 0.307. The average molecular weight is 444 g/mol. The summed E-state index contributed by atoms with van der Waals surface area (Å²) in [7, 11) is 0. The van der Waals surface area contributed by atoms with Gasteiger partial charge in [-0.1, -0.05) is 41.4 Å². The summed E-state index contributed by atoms with van der Waals surface area (Å²) in [4.78, 5) is 28.2. The van der Waals surface area contributed by atoms with Crippen LogP contribution in [-0.2, 0) is 9.59 Å². The Morgan fingerprint density at radius 2 is 1.72 bits per heavy atom. The van der Waals surface area contributed by atoms with Gasteiger partial charge < -0.3 is 5.11 Å². The first-order chi connectivity index (χ1) is 13.9. The minimum absolute atomic E-state index is 0.0304. The van der Waals surface area contributed by atoms with Gasteiger partial charge in [-0.05, 0) is 54.3 Å². The number of anilines is 1. The van der Waals surface area contributed by atoms with Crippen molar-refractivity contribution < 1.29 is 14.7 Å². The van der Waals surface area contributed by atoms with Crippen LogP contribution in [0.3, 0.4) is 0 Å². The normalized spacial score (nSPS) is 18.4. The minimum Gasteiger partial charge on any atom is -0.507 e. The SMILES string of the molecule is Cc1ccsc1C1/C(=C(/O)c2cccc(Cl)c2)C(=O)C(=O)N1c1cccc(Cl)c1. The van der Waals surface area contributed by atoms with Crippen LogP contribution in [0, 0.1) is 6.92 Å². The van der Waals surface area contributed by atoms with Gasteiger partial charge in [-0.3, -0.25) is 14.5 Å². The highest BCUT2D eigenvalue weighted by Gasteiger charge is 2.47. The van der Waals surface area contributed by atoms with E-state index in [0.717, 1.165) is 10.4 Å². The first-order valence-corrected chi connectivity index (χ1v) is 10.4. The molecule has 0 bridgehead atoms. The van der Waals surface area contributed by atoms with Gasteiger partial charge in [-0.15, -0.1) is 11.3 Å². The predicted octanol–water partition coefficient (Wildman–Crippen LogP) is 5.99. The third kappa shape index (κ3) is 3.46. The highest BCUT2D eigenvalue weighted by molar-refractivity contribution is 7.10. The van der Waals surface area contributed by atoms with E-state index in [9.17, 15) is 14.7 Å². The second kappa shape index (κ2) is 7.67. The number of halogens is 2. The van der Waals surface area contributed by atoms with E-state index in [1.54, 1.807) is 48.5 Å². The number of hydrogen-bond donors (Lipinski definition) is 1. The van der Waals surface area contributed by atoms with Crippen LogP contribution in [-0.4, -0.2) is 16.8 Å². The van der Waals surface area contributed by atoms with Crippen molar-refractivity contribution in [3.05, 3.63) is 91.6 Å². The monoisotopic (exact) mass is 443 g/mol. The van der Waals surface area contributed by atoms with Crippen LogP contribution >= 0.6 is 34.5 Å².